The molecular formula is C22H22N2OS. The monoisotopic (exact) mass is 362 g/mol. The number of amides is 1. The summed E-state index contributed by atoms with van der Waals surface area (Å²) in [5.41, 5.74) is 3.33. The van der Waals surface area contributed by atoms with Gasteiger partial charge in [0.05, 0.1) is 5.69 Å². The number of aryl methyl sites for hydroxylation is 1. The number of carbonyl (C=O) groups excluding carboxylic acids is 1. The Hall–Kier alpha value is -2.46. The van der Waals surface area contributed by atoms with Crippen LogP contribution in [0, 0.1) is 5.92 Å². The average Bonchev–Trinajstić information content (AvgIpc) is 3.13. The zero-order valence-electron chi connectivity index (χ0n) is 14.9. The van der Waals surface area contributed by atoms with E-state index in [1.165, 1.54) is 10.6 Å². The Kier molecular flexibility index (Phi) is 4.85. The number of rotatable bonds is 4. The fraction of sp³-hybridized carbons (Fsp3) is 0.273. The third kappa shape index (κ3) is 3.29. The van der Waals surface area contributed by atoms with E-state index in [1.807, 2.05) is 60.4 Å². The molecule has 0 saturated heterocycles. The van der Waals surface area contributed by atoms with E-state index in [1.54, 1.807) is 11.3 Å². The van der Waals surface area contributed by atoms with E-state index in [0.717, 1.165) is 35.5 Å². The van der Waals surface area contributed by atoms with Gasteiger partial charge in [-0.3, -0.25) is 4.79 Å². The number of nitrogens with zero attached hydrogens (tertiary/aromatic N) is 2. The molecule has 3 aromatic rings. The van der Waals surface area contributed by atoms with E-state index in [0.29, 0.717) is 6.54 Å². The first-order valence-electron chi connectivity index (χ1n) is 9.16. The molecule has 1 unspecified atom stereocenters. The fourth-order valence-electron chi connectivity index (χ4n) is 3.58. The maximum atomic E-state index is 13.1. The molecule has 1 aromatic heterocycles. The van der Waals surface area contributed by atoms with Gasteiger partial charge in [0.1, 0.15) is 5.01 Å². The van der Waals surface area contributed by atoms with Crippen LogP contribution in [0.2, 0.25) is 0 Å². The number of para-hydroxylation sites is 1. The minimum absolute atomic E-state index is 0.0479. The molecule has 4 rings (SSSR count). The highest BCUT2D eigenvalue weighted by Gasteiger charge is 2.30. The summed E-state index contributed by atoms with van der Waals surface area (Å²) in [6.07, 6.45) is 2.58. The zero-order valence-corrected chi connectivity index (χ0v) is 15.7. The average molecular weight is 362 g/mol. The topological polar surface area (TPSA) is 33.2 Å². The Labute approximate surface area is 158 Å². The molecule has 132 valence electrons. The molecule has 1 heterocycles. The van der Waals surface area contributed by atoms with Gasteiger partial charge in [0.2, 0.25) is 5.91 Å². The second kappa shape index (κ2) is 7.42. The van der Waals surface area contributed by atoms with Crippen molar-refractivity contribution in [2.24, 2.45) is 5.92 Å². The molecule has 2 aromatic carbocycles. The van der Waals surface area contributed by atoms with Gasteiger partial charge in [0.15, 0.2) is 0 Å². The molecule has 1 amide bonds. The fourth-order valence-corrected chi connectivity index (χ4v) is 4.78. The summed E-state index contributed by atoms with van der Waals surface area (Å²) in [5.74, 6) is 0.283. The third-order valence-electron chi connectivity index (χ3n) is 4.96. The minimum Gasteiger partial charge on any atom is -0.312 e. The standard InChI is InChI=1S/C22H22N2OS/c1-2-24(18-11-7-4-8-12-18)22(25)17-13-14-19-20(15-17)26-21(23-19)16-9-5-3-6-10-16/h3-12,17H,2,13-15H2,1H3. The largest absolute Gasteiger partial charge is 0.312 e. The number of hydrogen-bond donors (Lipinski definition) is 0. The zero-order chi connectivity index (χ0) is 17.9. The van der Waals surface area contributed by atoms with Crippen LogP contribution in [-0.4, -0.2) is 17.4 Å². The second-order valence-corrected chi connectivity index (χ2v) is 7.70. The molecule has 0 aliphatic heterocycles. The van der Waals surface area contributed by atoms with E-state index in [4.69, 9.17) is 4.98 Å². The summed E-state index contributed by atoms with van der Waals surface area (Å²) in [6.45, 7) is 2.74. The molecule has 1 atom stereocenters. The smallest absolute Gasteiger partial charge is 0.230 e. The van der Waals surface area contributed by atoms with Crippen molar-refractivity contribution < 1.29 is 4.79 Å². The van der Waals surface area contributed by atoms with Gasteiger partial charge in [-0.2, -0.15) is 0 Å². The van der Waals surface area contributed by atoms with Crippen molar-refractivity contribution in [2.45, 2.75) is 26.2 Å². The molecule has 1 aliphatic rings. The summed E-state index contributed by atoms with van der Waals surface area (Å²) in [5, 5.41) is 1.07. The first-order valence-corrected chi connectivity index (χ1v) is 9.98. The van der Waals surface area contributed by atoms with Crippen LogP contribution in [-0.2, 0) is 17.6 Å². The molecule has 26 heavy (non-hydrogen) atoms. The van der Waals surface area contributed by atoms with Crippen LogP contribution >= 0.6 is 11.3 Å². The van der Waals surface area contributed by atoms with Gasteiger partial charge in [-0.05, 0) is 38.3 Å². The minimum atomic E-state index is 0.0479. The lowest BCUT2D eigenvalue weighted by atomic mass is 9.89. The quantitative estimate of drug-likeness (QED) is 0.657. The Bertz CT molecular complexity index is 889. The van der Waals surface area contributed by atoms with Gasteiger partial charge in [-0.1, -0.05) is 48.5 Å². The first-order chi connectivity index (χ1) is 12.8. The summed E-state index contributed by atoms with van der Waals surface area (Å²) < 4.78 is 0. The summed E-state index contributed by atoms with van der Waals surface area (Å²) in [7, 11) is 0. The van der Waals surface area contributed by atoms with Gasteiger partial charge < -0.3 is 4.90 Å². The molecule has 4 heteroatoms. The Morgan fingerprint density at radius 2 is 1.81 bits per heavy atom. The first kappa shape index (κ1) is 17.0. The van der Waals surface area contributed by atoms with Crippen LogP contribution < -0.4 is 4.90 Å². The molecule has 3 nitrogen and oxygen atoms in total. The number of anilines is 1. The van der Waals surface area contributed by atoms with Crippen LogP contribution in [0.1, 0.15) is 23.9 Å². The van der Waals surface area contributed by atoms with Crippen LogP contribution in [0.15, 0.2) is 60.7 Å². The molecule has 1 aliphatic carbocycles. The van der Waals surface area contributed by atoms with E-state index >= 15 is 0 Å². The van der Waals surface area contributed by atoms with Crippen molar-refractivity contribution in [3.8, 4) is 10.6 Å². The van der Waals surface area contributed by atoms with E-state index < -0.39 is 0 Å². The van der Waals surface area contributed by atoms with Crippen LogP contribution in [0.3, 0.4) is 0 Å². The van der Waals surface area contributed by atoms with Crippen LogP contribution in [0.5, 0.6) is 0 Å². The van der Waals surface area contributed by atoms with Crippen molar-refractivity contribution in [1.82, 2.24) is 4.98 Å². The van der Waals surface area contributed by atoms with Crippen molar-refractivity contribution in [3.05, 3.63) is 71.2 Å². The lowest BCUT2D eigenvalue weighted by Gasteiger charge is -2.28. The highest BCUT2D eigenvalue weighted by Crippen LogP contribution is 2.35. The Balaban J connectivity index is 1.54. The van der Waals surface area contributed by atoms with Crippen molar-refractivity contribution in [2.75, 3.05) is 11.4 Å². The van der Waals surface area contributed by atoms with Gasteiger partial charge in [-0.25, -0.2) is 4.98 Å². The summed E-state index contributed by atoms with van der Waals surface area (Å²) in [6, 6.07) is 20.3. The molecular weight excluding hydrogens is 340 g/mol. The molecule has 0 saturated carbocycles. The second-order valence-electron chi connectivity index (χ2n) is 6.61. The van der Waals surface area contributed by atoms with E-state index in [2.05, 4.69) is 12.1 Å². The normalized spacial score (nSPS) is 16.1. The van der Waals surface area contributed by atoms with Crippen LogP contribution in [0.25, 0.3) is 10.6 Å². The number of hydrogen-bond acceptors (Lipinski definition) is 3. The summed E-state index contributed by atoms with van der Waals surface area (Å²) >= 11 is 1.74. The van der Waals surface area contributed by atoms with Gasteiger partial charge in [-0.15, -0.1) is 11.3 Å². The van der Waals surface area contributed by atoms with Gasteiger partial charge in [0.25, 0.3) is 0 Å². The number of fused-ring (bicyclic) bond motifs is 1. The maximum absolute atomic E-state index is 13.1. The van der Waals surface area contributed by atoms with Crippen LogP contribution in [0.4, 0.5) is 5.69 Å². The van der Waals surface area contributed by atoms with E-state index in [-0.39, 0.29) is 11.8 Å². The predicted octanol–water partition coefficient (Wildman–Crippen LogP) is 4.97. The lowest BCUT2D eigenvalue weighted by Crippen LogP contribution is -2.38. The SMILES string of the molecule is CCN(C(=O)C1CCc2nc(-c3ccccc3)sc2C1)c1ccccc1. The molecule has 0 radical (unpaired) electrons. The number of carbonyl (C=O) groups is 1. The Morgan fingerprint density at radius 1 is 1.12 bits per heavy atom. The Morgan fingerprint density at radius 3 is 2.50 bits per heavy atom. The number of aromatic nitrogens is 1. The lowest BCUT2D eigenvalue weighted by molar-refractivity contribution is -0.122. The number of thiazole rings is 1. The van der Waals surface area contributed by atoms with E-state index in [9.17, 15) is 4.79 Å². The molecule has 0 spiro atoms. The van der Waals surface area contributed by atoms with Crippen molar-refractivity contribution >= 4 is 22.9 Å². The molecule has 0 N–H and O–H groups in total. The van der Waals surface area contributed by atoms with Gasteiger partial charge in [0, 0.05) is 28.6 Å². The molecule has 0 bridgehead atoms. The van der Waals surface area contributed by atoms with Crippen molar-refractivity contribution in [1.29, 1.82) is 0 Å². The maximum Gasteiger partial charge on any atom is 0.230 e. The third-order valence-corrected chi connectivity index (χ3v) is 6.13. The predicted molar refractivity (Wildman–Crippen MR) is 108 cm³/mol. The number of benzene rings is 2. The summed E-state index contributed by atoms with van der Waals surface area (Å²) in [4.78, 5) is 21.1. The molecule has 0 fully saturated rings. The van der Waals surface area contributed by atoms with Crippen molar-refractivity contribution in [3.63, 3.8) is 0 Å². The van der Waals surface area contributed by atoms with Gasteiger partial charge >= 0.3 is 0 Å². The highest BCUT2D eigenvalue weighted by atomic mass is 32.1. The highest BCUT2D eigenvalue weighted by molar-refractivity contribution is 7.15.